The molecule has 0 bridgehead atoms. The lowest BCUT2D eigenvalue weighted by Gasteiger charge is -2.19. The van der Waals surface area contributed by atoms with Gasteiger partial charge >= 0.3 is 5.97 Å². The quantitative estimate of drug-likeness (QED) is 0.898. The molecule has 0 aliphatic rings. The van der Waals surface area contributed by atoms with E-state index in [1.165, 1.54) is 0 Å². The zero-order chi connectivity index (χ0) is 13.3. The number of rotatable bonds is 4. The molecule has 0 saturated carbocycles. The molecule has 0 aliphatic carbocycles. The van der Waals surface area contributed by atoms with Crippen molar-refractivity contribution in [2.24, 2.45) is 0 Å². The first-order chi connectivity index (χ1) is 7.82. The summed E-state index contributed by atoms with van der Waals surface area (Å²) in [5.41, 5.74) is 2.32. The Morgan fingerprint density at radius 2 is 1.94 bits per heavy atom. The molecule has 1 N–H and O–H groups in total. The Hall–Kier alpha value is -0.770. The lowest BCUT2D eigenvalue weighted by atomic mass is 10.0. The molecular weight excluding hydrogens is 282 g/mol. The van der Waals surface area contributed by atoms with Gasteiger partial charge in [-0.15, -0.1) is 0 Å². The molecule has 1 rings (SSSR count). The Morgan fingerprint density at radius 1 is 1.41 bits per heavy atom. The van der Waals surface area contributed by atoms with Gasteiger partial charge in [0.25, 0.3) is 0 Å². The number of carboxylic acids is 1. The van der Waals surface area contributed by atoms with Crippen molar-refractivity contribution in [3.05, 3.63) is 21.4 Å². The molecule has 3 nitrogen and oxygen atoms in total. The number of nitrogens with zero attached hydrogens (tertiary/aromatic N) is 1. The van der Waals surface area contributed by atoms with E-state index >= 15 is 0 Å². The van der Waals surface area contributed by atoms with Gasteiger partial charge in [0.2, 0.25) is 0 Å². The maximum Gasteiger partial charge on any atom is 0.338 e. The molecule has 0 spiro atoms. The number of carbonyl (C=O) groups is 1. The third-order valence-corrected chi connectivity index (χ3v) is 4.04. The van der Waals surface area contributed by atoms with Crippen LogP contribution >= 0.6 is 15.9 Å². The molecule has 1 aromatic heterocycles. The Kier molecular flexibility index (Phi) is 4.42. The average Bonchev–Trinajstić information content (AvgIpc) is 2.48. The fourth-order valence-corrected chi connectivity index (χ4v) is 3.29. The second-order valence-electron chi connectivity index (χ2n) is 4.74. The smallest absolute Gasteiger partial charge is 0.338 e. The summed E-state index contributed by atoms with van der Waals surface area (Å²) < 4.78 is 2.87. The van der Waals surface area contributed by atoms with Crippen LogP contribution in [0.3, 0.4) is 0 Å². The highest BCUT2D eigenvalue weighted by Gasteiger charge is 2.26. The van der Waals surface area contributed by atoms with Gasteiger partial charge in [0.15, 0.2) is 0 Å². The highest BCUT2D eigenvalue weighted by atomic mass is 79.9. The second-order valence-corrected chi connectivity index (χ2v) is 5.53. The summed E-state index contributed by atoms with van der Waals surface area (Å²) in [5.74, 6) is -0.517. The zero-order valence-electron chi connectivity index (χ0n) is 11.0. The van der Waals surface area contributed by atoms with E-state index in [2.05, 4.69) is 48.2 Å². The van der Waals surface area contributed by atoms with E-state index in [-0.39, 0.29) is 6.04 Å². The zero-order valence-corrected chi connectivity index (χ0v) is 12.6. The molecule has 1 atom stereocenters. The summed E-state index contributed by atoms with van der Waals surface area (Å²) in [6.07, 6.45) is 0.994. The van der Waals surface area contributed by atoms with Gasteiger partial charge in [0.1, 0.15) is 0 Å². The molecule has 0 aromatic carbocycles. The number of aromatic nitrogens is 1. The number of halogens is 1. The lowest BCUT2D eigenvalue weighted by molar-refractivity contribution is 0.0695. The van der Waals surface area contributed by atoms with Gasteiger partial charge in [0, 0.05) is 17.4 Å². The molecule has 1 heterocycles. The minimum atomic E-state index is -0.863. The normalized spacial score (nSPS) is 13.1. The summed E-state index contributed by atoms with van der Waals surface area (Å²) in [6.45, 7) is 10.3. The van der Waals surface area contributed by atoms with Crippen LogP contribution in [0.1, 0.15) is 67.8 Å². The first-order valence-electron chi connectivity index (χ1n) is 5.96. The minimum Gasteiger partial charge on any atom is -0.478 e. The number of aromatic carboxylic acids is 1. The van der Waals surface area contributed by atoms with E-state index in [1.54, 1.807) is 0 Å². The van der Waals surface area contributed by atoms with E-state index < -0.39 is 5.97 Å². The third-order valence-electron chi connectivity index (χ3n) is 3.24. The maximum atomic E-state index is 11.3. The largest absolute Gasteiger partial charge is 0.478 e. The van der Waals surface area contributed by atoms with Crippen molar-refractivity contribution >= 4 is 21.9 Å². The van der Waals surface area contributed by atoms with E-state index in [4.69, 9.17) is 0 Å². The molecular formula is C13H20BrNO2. The second kappa shape index (κ2) is 5.25. The van der Waals surface area contributed by atoms with Gasteiger partial charge < -0.3 is 9.67 Å². The van der Waals surface area contributed by atoms with E-state index in [9.17, 15) is 9.90 Å². The standard InChI is InChI=1S/C13H20BrNO2/c1-6-8(4)12-11(14)10(13(16)17)9(5)15(12)7(2)3/h7-8H,6H2,1-5H3,(H,16,17). The Labute approximate surface area is 111 Å². The van der Waals surface area contributed by atoms with Crippen molar-refractivity contribution < 1.29 is 9.90 Å². The molecule has 17 heavy (non-hydrogen) atoms. The fourth-order valence-electron chi connectivity index (χ4n) is 2.25. The van der Waals surface area contributed by atoms with Crippen molar-refractivity contribution in [2.75, 3.05) is 0 Å². The molecule has 0 amide bonds. The summed E-state index contributed by atoms with van der Waals surface area (Å²) in [5, 5.41) is 9.28. The van der Waals surface area contributed by atoms with Crippen molar-refractivity contribution in [1.82, 2.24) is 4.57 Å². The Bertz CT molecular complexity index is 435. The predicted molar refractivity (Wildman–Crippen MR) is 72.9 cm³/mol. The van der Waals surface area contributed by atoms with Crippen LogP contribution in [0, 0.1) is 6.92 Å². The molecule has 0 saturated heterocycles. The third kappa shape index (κ3) is 2.41. The highest BCUT2D eigenvalue weighted by molar-refractivity contribution is 9.10. The first-order valence-corrected chi connectivity index (χ1v) is 6.75. The van der Waals surface area contributed by atoms with Crippen molar-refractivity contribution in [2.45, 2.75) is 53.0 Å². The van der Waals surface area contributed by atoms with Crippen LogP contribution in [-0.4, -0.2) is 15.6 Å². The van der Waals surface area contributed by atoms with E-state index in [1.807, 2.05) is 6.92 Å². The highest BCUT2D eigenvalue weighted by Crippen LogP contribution is 2.36. The average molecular weight is 302 g/mol. The van der Waals surface area contributed by atoms with E-state index in [0.29, 0.717) is 11.5 Å². The minimum absolute atomic E-state index is 0.267. The van der Waals surface area contributed by atoms with Crippen LogP contribution in [0.5, 0.6) is 0 Å². The Balaban J connectivity index is 3.56. The number of hydrogen-bond donors (Lipinski definition) is 1. The lowest BCUT2D eigenvalue weighted by Crippen LogP contribution is -2.10. The van der Waals surface area contributed by atoms with Crippen LogP contribution < -0.4 is 0 Å². The monoisotopic (exact) mass is 301 g/mol. The molecule has 96 valence electrons. The summed E-state index contributed by atoms with van der Waals surface area (Å²) in [6, 6.07) is 0.267. The number of hydrogen-bond acceptors (Lipinski definition) is 1. The maximum absolute atomic E-state index is 11.3. The van der Waals surface area contributed by atoms with Crippen molar-refractivity contribution in [3.8, 4) is 0 Å². The van der Waals surface area contributed by atoms with E-state index in [0.717, 1.165) is 22.3 Å². The molecule has 1 aromatic rings. The molecule has 1 unspecified atom stereocenters. The van der Waals surface area contributed by atoms with Gasteiger partial charge in [-0.25, -0.2) is 4.79 Å². The Morgan fingerprint density at radius 3 is 2.29 bits per heavy atom. The SMILES string of the molecule is CCC(C)c1c(Br)c(C(=O)O)c(C)n1C(C)C. The van der Waals surface area contributed by atoms with Gasteiger partial charge in [-0.2, -0.15) is 0 Å². The van der Waals surface area contributed by atoms with Crippen molar-refractivity contribution in [3.63, 3.8) is 0 Å². The summed E-state index contributed by atoms with van der Waals surface area (Å²) in [4.78, 5) is 11.3. The van der Waals surface area contributed by atoms with Crippen molar-refractivity contribution in [1.29, 1.82) is 0 Å². The molecule has 4 heteroatoms. The molecule has 0 fully saturated rings. The fraction of sp³-hybridized carbons (Fsp3) is 0.615. The predicted octanol–water partition coefficient (Wildman–Crippen LogP) is 4.35. The molecule has 0 radical (unpaired) electrons. The summed E-state index contributed by atoms with van der Waals surface area (Å²) >= 11 is 3.46. The number of carboxylic acid groups (broad SMARTS) is 1. The van der Waals surface area contributed by atoms with Crippen LogP contribution in [-0.2, 0) is 0 Å². The van der Waals surface area contributed by atoms with Crippen LogP contribution in [0.15, 0.2) is 4.47 Å². The topological polar surface area (TPSA) is 42.2 Å². The van der Waals surface area contributed by atoms with Gasteiger partial charge in [-0.05, 0) is 49.0 Å². The molecule has 0 aliphatic heterocycles. The van der Waals surface area contributed by atoms with Gasteiger partial charge in [0.05, 0.1) is 10.0 Å². The first kappa shape index (κ1) is 14.3. The van der Waals surface area contributed by atoms with Gasteiger partial charge in [-0.3, -0.25) is 0 Å². The summed E-state index contributed by atoms with van der Waals surface area (Å²) in [7, 11) is 0. The van der Waals surface area contributed by atoms with Crippen LogP contribution in [0.4, 0.5) is 0 Å². The van der Waals surface area contributed by atoms with Crippen LogP contribution in [0.25, 0.3) is 0 Å². The van der Waals surface area contributed by atoms with Crippen LogP contribution in [0.2, 0.25) is 0 Å². The van der Waals surface area contributed by atoms with Gasteiger partial charge in [-0.1, -0.05) is 13.8 Å².